The lowest BCUT2D eigenvalue weighted by molar-refractivity contribution is 0.102. The molecule has 2 aliphatic heterocycles. The number of hydrogen-bond donors (Lipinski definition) is 2. The van der Waals surface area contributed by atoms with Gasteiger partial charge in [0.1, 0.15) is 16.9 Å². The van der Waals surface area contributed by atoms with Gasteiger partial charge in [0, 0.05) is 48.9 Å². The number of ether oxygens (including phenoxy) is 1. The molecule has 0 saturated carbocycles. The van der Waals surface area contributed by atoms with Crippen LogP contribution in [0.4, 0.5) is 11.4 Å². The molecule has 0 unspecified atom stereocenters. The van der Waals surface area contributed by atoms with E-state index in [1.807, 2.05) is 12.1 Å². The van der Waals surface area contributed by atoms with Crippen molar-refractivity contribution in [2.24, 2.45) is 5.41 Å². The molecule has 1 aromatic carbocycles. The van der Waals surface area contributed by atoms with E-state index in [4.69, 9.17) is 4.74 Å². The molecule has 1 amide bonds. The average Bonchev–Trinajstić information content (AvgIpc) is 3.41. The summed E-state index contributed by atoms with van der Waals surface area (Å²) in [4.78, 5) is 19.7. The molecular weight excluding hydrogens is 394 g/mol. The topological polar surface area (TPSA) is 92.0 Å². The summed E-state index contributed by atoms with van der Waals surface area (Å²) in [6, 6.07) is 5.82. The number of amides is 1. The lowest BCUT2D eigenvalue weighted by atomic mass is 9.91. The van der Waals surface area contributed by atoms with Gasteiger partial charge in [-0.15, -0.1) is 0 Å². The largest absolute Gasteiger partial charge is 0.487 e. The van der Waals surface area contributed by atoms with Crippen LogP contribution < -0.4 is 15.0 Å². The number of rotatable bonds is 4. The van der Waals surface area contributed by atoms with Gasteiger partial charge in [-0.2, -0.15) is 5.10 Å². The third-order valence-electron chi connectivity index (χ3n) is 6.23. The first-order valence-electron chi connectivity index (χ1n) is 10.6. The summed E-state index contributed by atoms with van der Waals surface area (Å²) < 4.78 is 7.74. The number of anilines is 2. The molecular formula is C23H27N5O3. The zero-order valence-corrected chi connectivity index (χ0v) is 18.1. The second-order valence-corrected chi connectivity index (χ2v) is 9.56. The van der Waals surface area contributed by atoms with Crippen LogP contribution in [0.1, 0.15) is 43.1 Å². The highest BCUT2D eigenvalue weighted by atomic mass is 16.5. The van der Waals surface area contributed by atoms with Crippen LogP contribution in [-0.2, 0) is 6.42 Å². The van der Waals surface area contributed by atoms with Gasteiger partial charge in [0.25, 0.3) is 5.91 Å². The highest BCUT2D eigenvalue weighted by Crippen LogP contribution is 2.44. The summed E-state index contributed by atoms with van der Waals surface area (Å²) in [5.74, 6) is 0.602. The van der Waals surface area contributed by atoms with Gasteiger partial charge in [-0.05, 0) is 32.4 Å². The quantitative estimate of drug-likeness (QED) is 0.673. The molecule has 1 saturated heterocycles. The van der Waals surface area contributed by atoms with Crippen molar-refractivity contribution in [2.45, 2.75) is 39.2 Å². The maximum absolute atomic E-state index is 13.2. The van der Waals surface area contributed by atoms with Crippen LogP contribution in [0.2, 0.25) is 0 Å². The first-order chi connectivity index (χ1) is 14.8. The molecule has 0 bridgehead atoms. The number of benzene rings is 1. The number of fused-ring (bicyclic) bond motifs is 2. The van der Waals surface area contributed by atoms with Crippen LogP contribution in [0.5, 0.6) is 5.75 Å². The van der Waals surface area contributed by atoms with Crippen molar-refractivity contribution < 1.29 is 14.6 Å². The summed E-state index contributed by atoms with van der Waals surface area (Å²) >= 11 is 0. The van der Waals surface area contributed by atoms with E-state index in [0.717, 1.165) is 42.1 Å². The number of aliphatic hydroxyl groups excluding tert-OH is 1. The Morgan fingerprint density at radius 2 is 2.16 bits per heavy atom. The van der Waals surface area contributed by atoms with Crippen molar-refractivity contribution in [3.05, 3.63) is 47.9 Å². The lowest BCUT2D eigenvalue weighted by Gasteiger charge is -2.26. The van der Waals surface area contributed by atoms with Crippen LogP contribution >= 0.6 is 0 Å². The molecule has 2 aromatic heterocycles. The van der Waals surface area contributed by atoms with E-state index in [-0.39, 0.29) is 23.5 Å². The van der Waals surface area contributed by atoms with Crippen LogP contribution in [0, 0.1) is 5.41 Å². The van der Waals surface area contributed by atoms with Crippen LogP contribution in [0.3, 0.4) is 0 Å². The molecule has 1 atom stereocenters. The van der Waals surface area contributed by atoms with Gasteiger partial charge in [-0.1, -0.05) is 6.92 Å². The predicted molar refractivity (Wildman–Crippen MR) is 118 cm³/mol. The molecule has 8 nitrogen and oxygen atoms in total. The summed E-state index contributed by atoms with van der Waals surface area (Å²) in [5, 5.41) is 17.1. The molecule has 1 fully saturated rings. The Labute approximate surface area is 180 Å². The Kier molecular flexibility index (Phi) is 4.44. The van der Waals surface area contributed by atoms with Crippen LogP contribution in [0.15, 0.2) is 36.8 Å². The van der Waals surface area contributed by atoms with Crippen LogP contribution in [0.25, 0.3) is 5.65 Å². The normalized spacial score (nSPS) is 21.9. The fourth-order valence-corrected chi connectivity index (χ4v) is 4.54. The highest BCUT2D eigenvalue weighted by Gasteiger charge is 2.37. The molecule has 4 heterocycles. The number of hydrogen-bond acceptors (Lipinski definition) is 6. The van der Waals surface area contributed by atoms with Gasteiger partial charge in [0.15, 0.2) is 5.65 Å². The van der Waals surface area contributed by atoms with Crippen molar-refractivity contribution in [3.63, 3.8) is 0 Å². The second kappa shape index (κ2) is 6.95. The van der Waals surface area contributed by atoms with Crippen molar-refractivity contribution in [1.29, 1.82) is 0 Å². The zero-order valence-electron chi connectivity index (χ0n) is 18.1. The summed E-state index contributed by atoms with van der Waals surface area (Å²) in [7, 11) is 0. The Balaban J connectivity index is 1.52. The lowest BCUT2D eigenvalue weighted by Crippen LogP contribution is -2.28. The fourth-order valence-electron chi connectivity index (χ4n) is 4.54. The molecule has 0 aliphatic carbocycles. The van der Waals surface area contributed by atoms with Crippen molar-refractivity contribution in [2.75, 3.05) is 29.9 Å². The summed E-state index contributed by atoms with van der Waals surface area (Å²) in [5.41, 5.74) is 3.22. The Hall–Kier alpha value is -3.13. The maximum atomic E-state index is 13.2. The SMILES string of the molecule is CC1(C)Cc2cc(NC(=O)c3cnn4cccnc34)c(N3CC[C@](C)(CO)C3)cc2O1. The second-order valence-electron chi connectivity index (χ2n) is 9.56. The van der Waals surface area contributed by atoms with E-state index in [9.17, 15) is 9.90 Å². The van der Waals surface area contributed by atoms with Crippen molar-refractivity contribution in [1.82, 2.24) is 14.6 Å². The smallest absolute Gasteiger partial charge is 0.261 e. The number of carbonyl (C=O) groups is 1. The molecule has 0 spiro atoms. The number of carbonyl (C=O) groups excluding carboxylic acids is 1. The molecule has 162 valence electrons. The Morgan fingerprint density at radius 3 is 2.94 bits per heavy atom. The molecule has 8 heteroatoms. The number of aromatic nitrogens is 3. The van der Waals surface area contributed by atoms with E-state index in [2.05, 4.69) is 41.1 Å². The number of nitrogens with one attached hydrogen (secondary N) is 1. The zero-order chi connectivity index (χ0) is 21.8. The van der Waals surface area contributed by atoms with E-state index < -0.39 is 0 Å². The van der Waals surface area contributed by atoms with Gasteiger partial charge < -0.3 is 20.1 Å². The third kappa shape index (κ3) is 3.50. The average molecular weight is 422 g/mol. The fraction of sp³-hybridized carbons (Fsp3) is 0.435. The Bertz CT molecular complexity index is 1170. The minimum atomic E-state index is -0.279. The minimum Gasteiger partial charge on any atom is -0.487 e. The monoisotopic (exact) mass is 421 g/mol. The molecule has 5 rings (SSSR count). The first kappa shape index (κ1) is 19.8. The van der Waals surface area contributed by atoms with Crippen molar-refractivity contribution in [3.8, 4) is 5.75 Å². The van der Waals surface area contributed by atoms with Gasteiger partial charge in [-0.3, -0.25) is 4.79 Å². The first-order valence-corrected chi connectivity index (χ1v) is 10.6. The number of aliphatic hydroxyl groups is 1. The number of nitrogens with zero attached hydrogens (tertiary/aromatic N) is 4. The highest BCUT2D eigenvalue weighted by molar-refractivity contribution is 6.09. The van der Waals surface area contributed by atoms with Gasteiger partial charge in [0.2, 0.25) is 0 Å². The molecule has 2 aliphatic rings. The van der Waals surface area contributed by atoms with Gasteiger partial charge in [-0.25, -0.2) is 9.50 Å². The Morgan fingerprint density at radius 1 is 1.32 bits per heavy atom. The summed E-state index contributed by atoms with van der Waals surface area (Å²) in [6.45, 7) is 7.87. The van der Waals surface area contributed by atoms with Crippen LogP contribution in [-0.4, -0.2) is 50.9 Å². The van der Waals surface area contributed by atoms with E-state index >= 15 is 0 Å². The predicted octanol–water partition coefficient (Wildman–Crippen LogP) is 2.90. The van der Waals surface area contributed by atoms with Gasteiger partial charge in [0.05, 0.1) is 24.2 Å². The molecule has 31 heavy (non-hydrogen) atoms. The molecule has 0 radical (unpaired) electrons. The summed E-state index contributed by atoms with van der Waals surface area (Å²) in [6.07, 6.45) is 6.61. The van der Waals surface area contributed by atoms with E-state index in [1.54, 1.807) is 23.0 Å². The van der Waals surface area contributed by atoms with E-state index in [0.29, 0.717) is 17.8 Å². The maximum Gasteiger partial charge on any atom is 0.261 e. The van der Waals surface area contributed by atoms with Crippen molar-refractivity contribution >= 4 is 22.9 Å². The molecule has 3 aromatic rings. The standard InChI is InChI=1S/C23H27N5O3/c1-22(2)11-15-9-17(26-21(30)16-12-25-28-7-4-6-24-20(16)28)18(10-19(15)31-22)27-8-5-23(3,13-27)14-29/h4,6-7,9-10,12,29H,5,8,11,13-14H2,1-3H3,(H,26,30)/t23-/m0/s1. The van der Waals surface area contributed by atoms with E-state index in [1.165, 1.54) is 6.20 Å². The van der Waals surface area contributed by atoms with Gasteiger partial charge >= 0.3 is 0 Å². The third-order valence-corrected chi connectivity index (χ3v) is 6.23. The minimum absolute atomic E-state index is 0.133. The molecule has 2 N–H and O–H groups in total.